The quantitative estimate of drug-likeness (QED) is 0.630. The molecule has 0 saturated carbocycles. The average molecular weight is 225 g/mol. The summed E-state index contributed by atoms with van der Waals surface area (Å²) in [7, 11) is 0. The number of hydrogen-bond donors (Lipinski definition) is 0. The first-order valence-corrected chi connectivity index (χ1v) is 6.98. The van der Waals surface area contributed by atoms with Crippen molar-refractivity contribution in [2.45, 2.75) is 84.2 Å². The van der Waals surface area contributed by atoms with Crippen LogP contribution in [-0.2, 0) is 4.79 Å². The van der Waals surface area contributed by atoms with Crippen molar-refractivity contribution in [1.82, 2.24) is 4.90 Å². The number of rotatable bonds is 6. The largest absolute Gasteiger partial charge is 0.337 e. The van der Waals surface area contributed by atoms with E-state index in [2.05, 4.69) is 25.7 Å². The zero-order valence-corrected chi connectivity index (χ0v) is 11.2. The van der Waals surface area contributed by atoms with Crippen LogP contribution in [0.5, 0.6) is 0 Å². The van der Waals surface area contributed by atoms with Gasteiger partial charge in [-0.2, -0.15) is 0 Å². The van der Waals surface area contributed by atoms with Gasteiger partial charge in [-0.05, 0) is 33.1 Å². The predicted octanol–water partition coefficient (Wildman–Crippen LogP) is 3.75. The summed E-state index contributed by atoms with van der Waals surface area (Å²) in [5.74, 6) is 0.383. The van der Waals surface area contributed by atoms with E-state index in [9.17, 15) is 4.79 Å². The second-order valence-corrected chi connectivity index (χ2v) is 5.24. The molecule has 1 heterocycles. The fourth-order valence-electron chi connectivity index (χ4n) is 2.70. The van der Waals surface area contributed by atoms with E-state index in [0.717, 1.165) is 12.8 Å². The molecule has 0 aliphatic carbocycles. The molecule has 0 radical (unpaired) electrons. The van der Waals surface area contributed by atoms with Gasteiger partial charge in [0.1, 0.15) is 0 Å². The Balaban J connectivity index is 2.19. The van der Waals surface area contributed by atoms with Crippen molar-refractivity contribution in [3.8, 4) is 0 Å². The predicted molar refractivity (Wildman–Crippen MR) is 68.4 cm³/mol. The van der Waals surface area contributed by atoms with Gasteiger partial charge in [-0.15, -0.1) is 0 Å². The molecule has 16 heavy (non-hydrogen) atoms. The summed E-state index contributed by atoms with van der Waals surface area (Å²) in [6, 6.07) is 0.941. The molecule has 1 aliphatic rings. The van der Waals surface area contributed by atoms with Crippen molar-refractivity contribution in [1.29, 1.82) is 0 Å². The lowest BCUT2D eigenvalue weighted by Crippen LogP contribution is -2.38. The Morgan fingerprint density at radius 1 is 1.06 bits per heavy atom. The minimum absolute atomic E-state index is 0.383. The Morgan fingerprint density at radius 3 is 2.19 bits per heavy atom. The zero-order valence-electron chi connectivity index (χ0n) is 11.2. The average Bonchev–Trinajstić information content (AvgIpc) is 2.58. The zero-order chi connectivity index (χ0) is 12.0. The van der Waals surface area contributed by atoms with Crippen molar-refractivity contribution in [2.24, 2.45) is 0 Å². The lowest BCUT2D eigenvalue weighted by Gasteiger charge is -2.26. The molecule has 94 valence electrons. The molecule has 1 saturated heterocycles. The minimum atomic E-state index is 0.383. The van der Waals surface area contributed by atoms with Crippen LogP contribution in [0.15, 0.2) is 0 Å². The van der Waals surface area contributed by atoms with Crippen molar-refractivity contribution < 1.29 is 4.79 Å². The van der Waals surface area contributed by atoms with Crippen molar-refractivity contribution in [3.05, 3.63) is 0 Å². The number of nitrogens with zero attached hydrogens (tertiary/aromatic N) is 1. The Morgan fingerprint density at radius 2 is 1.62 bits per heavy atom. The summed E-state index contributed by atoms with van der Waals surface area (Å²) in [6.07, 6.45) is 9.29. The third-order valence-corrected chi connectivity index (χ3v) is 3.73. The number of carbonyl (C=O) groups is 1. The fraction of sp³-hybridized carbons (Fsp3) is 0.929. The summed E-state index contributed by atoms with van der Waals surface area (Å²) in [5, 5.41) is 0. The van der Waals surface area contributed by atoms with Gasteiger partial charge in [0.25, 0.3) is 0 Å². The molecule has 2 nitrogen and oxygen atoms in total. The molecule has 0 N–H and O–H groups in total. The number of unbranched alkanes of at least 4 members (excludes halogenated alkanes) is 4. The smallest absolute Gasteiger partial charge is 0.223 e. The third-order valence-electron chi connectivity index (χ3n) is 3.73. The topological polar surface area (TPSA) is 20.3 Å². The van der Waals surface area contributed by atoms with Crippen LogP contribution in [0.3, 0.4) is 0 Å². The highest BCUT2D eigenvalue weighted by Gasteiger charge is 2.30. The number of likely N-dealkylation sites (tertiary alicyclic amines) is 1. The third kappa shape index (κ3) is 3.80. The first-order chi connectivity index (χ1) is 7.66. The standard InChI is InChI=1S/C14H27NO/c1-4-5-6-7-8-9-14(16)15-12(2)10-11-13(15)3/h12-13H,4-11H2,1-3H3/t12-,13+. The van der Waals surface area contributed by atoms with Gasteiger partial charge in [-0.1, -0.05) is 32.6 Å². The van der Waals surface area contributed by atoms with E-state index in [4.69, 9.17) is 0 Å². The number of amides is 1. The van der Waals surface area contributed by atoms with E-state index in [-0.39, 0.29) is 0 Å². The van der Waals surface area contributed by atoms with Gasteiger partial charge in [0, 0.05) is 18.5 Å². The van der Waals surface area contributed by atoms with E-state index in [1.165, 1.54) is 38.5 Å². The number of carbonyl (C=O) groups excluding carboxylic acids is 1. The normalized spacial score (nSPS) is 25.1. The first kappa shape index (κ1) is 13.5. The summed E-state index contributed by atoms with van der Waals surface area (Å²) in [6.45, 7) is 6.58. The molecule has 1 aliphatic heterocycles. The summed E-state index contributed by atoms with van der Waals surface area (Å²) >= 11 is 0. The Kier molecular flexibility index (Phi) is 5.86. The monoisotopic (exact) mass is 225 g/mol. The van der Waals surface area contributed by atoms with Crippen LogP contribution < -0.4 is 0 Å². The van der Waals surface area contributed by atoms with Gasteiger partial charge in [0.15, 0.2) is 0 Å². The molecule has 2 heteroatoms. The maximum Gasteiger partial charge on any atom is 0.223 e. The van der Waals surface area contributed by atoms with E-state index < -0.39 is 0 Å². The first-order valence-electron chi connectivity index (χ1n) is 6.98. The van der Waals surface area contributed by atoms with Crippen molar-refractivity contribution in [2.75, 3.05) is 0 Å². The van der Waals surface area contributed by atoms with E-state index in [0.29, 0.717) is 18.0 Å². The van der Waals surface area contributed by atoms with Crippen LogP contribution in [0.25, 0.3) is 0 Å². The number of hydrogen-bond acceptors (Lipinski definition) is 1. The molecule has 0 spiro atoms. The van der Waals surface area contributed by atoms with Crippen LogP contribution in [0, 0.1) is 0 Å². The Hall–Kier alpha value is -0.530. The highest BCUT2D eigenvalue weighted by atomic mass is 16.2. The Bertz CT molecular complexity index is 205. The summed E-state index contributed by atoms with van der Waals surface area (Å²) < 4.78 is 0. The van der Waals surface area contributed by atoms with E-state index in [1.54, 1.807) is 0 Å². The molecule has 0 aromatic carbocycles. The summed E-state index contributed by atoms with van der Waals surface area (Å²) in [4.78, 5) is 14.1. The van der Waals surface area contributed by atoms with Crippen molar-refractivity contribution >= 4 is 5.91 Å². The van der Waals surface area contributed by atoms with E-state index in [1.807, 2.05) is 0 Å². The van der Waals surface area contributed by atoms with Gasteiger partial charge >= 0.3 is 0 Å². The molecule has 1 fully saturated rings. The van der Waals surface area contributed by atoms with Gasteiger partial charge in [-0.25, -0.2) is 0 Å². The van der Waals surface area contributed by atoms with Crippen LogP contribution in [0.2, 0.25) is 0 Å². The molecule has 1 rings (SSSR count). The lowest BCUT2D eigenvalue weighted by atomic mass is 10.1. The van der Waals surface area contributed by atoms with Crippen LogP contribution in [0.4, 0.5) is 0 Å². The second-order valence-electron chi connectivity index (χ2n) is 5.24. The van der Waals surface area contributed by atoms with Crippen LogP contribution in [0.1, 0.15) is 72.1 Å². The van der Waals surface area contributed by atoms with Gasteiger partial charge in [0.05, 0.1) is 0 Å². The van der Waals surface area contributed by atoms with E-state index >= 15 is 0 Å². The molecule has 0 unspecified atom stereocenters. The molecule has 2 atom stereocenters. The van der Waals surface area contributed by atoms with Gasteiger partial charge in [0.2, 0.25) is 5.91 Å². The summed E-state index contributed by atoms with van der Waals surface area (Å²) in [5.41, 5.74) is 0. The molecule has 0 bridgehead atoms. The molecular formula is C14H27NO. The SMILES string of the molecule is CCCCCCCC(=O)N1[C@H](C)CC[C@@H]1C. The maximum atomic E-state index is 12.0. The molecule has 0 aromatic rings. The second kappa shape index (κ2) is 6.93. The fourth-order valence-corrected chi connectivity index (χ4v) is 2.70. The van der Waals surface area contributed by atoms with Gasteiger partial charge in [-0.3, -0.25) is 4.79 Å². The van der Waals surface area contributed by atoms with Crippen molar-refractivity contribution in [3.63, 3.8) is 0 Å². The maximum absolute atomic E-state index is 12.0. The highest BCUT2D eigenvalue weighted by Crippen LogP contribution is 2.24. The lowest BCUT2D eigenvalue weighted by molar-refractivity contribution is -0.133. The minimum Gasteiger partial charge on any atom is -0.337 e. The highest BCUT2D eigenvalue weighted by molar-refractivity contribution is 5.77. The molecular weight excluding hydrogens is 198 g/mol. The molecule has 0 aromatic heterocycles. The van der Waals surface area contributed by atoms with Crippen LogP contribution in [-0.4, -0.2) is 22.9 Å². The Labute approximate surface area is 100 Å². The van der Waals surface area contributed by atoms with Gasteiger partial charge < -0.3 is 4.90 Å². The van der Waals surface area contributed by atoms with Crippen LogP contribution >= 0.6 is 0 Å². The molecule has 1 amide bonds.